The molecule has 3 heteroatoms. The van der Waals surface area contributed by atoms with Gasteiger partial charge in [-0.15, -0.1) is 0 Å². The van der Waals surface area contributed by atoms with Gasteiger partial charge >= 0.3 is 0 Å². The van der Waals surface area contributed by atoms with Crippen LogP contribution in [0, 0.1) is 0 Å². The van der Waals surface area contributed by atoms with Gasteiger partial charge in [-0.3, -0.25) is 0 Å². The summed E-state index contributed by atoms with van der Waals surface area (Å²) in [6.45, 7) is 2.03. The maximum absolute atomic E-state index is 5.94. The lowest BCUT2D eigenvalue weighted by atomic mass is 10.1. The first-order chi connectivity index (χ1) is 7.79. The Morgan fingerprint density at radius 2 is 2.12 bits per heavy atom. The minimum Gasteiger partial charge on any atom is -0.490 e. The van der Waals surface area contributed by atoms with E-state index in [1.807, 2.05) is 19.1 Å². The molecule has 1 aromatic carbocycles. The van der Waals surface area contributed by atoms with Gasteiger partial charge in [0.2, 0.25) is 0 Å². The Morgan fingerprint density at radius 3 is 2.81 bits per heavy atom. The van der Waals surface area contributed by atoms with Crippen LogP contribution < -0.4 is 9.57 Å². The van der Waals surface area contributed by atoms with Crippen LogP contribution in [0.2, 0.25) is 0 Å². The minimum absolute atomic E-state index is 0.147. The molecule has 0 aromatic heterocycles. The van der Waals surface area contributed by atoms with Crippen molar-refractivity contribution in [3.05, 3.63) is 29.8 Å². The zero-order chi connectivity index (χ0) is 11.4. The fraction of sp³-hybridized carbons (Fsp3) is 0.538. The number of rotatable bonds is 4. The van der Waals surface area contributed by atoms with Gasteiger partial charge in [0.05, 0.1) is 6.10 Å². The second-order valence-electron chi connectivity index (χ2n) is 4.43. The Morgan fingerprint density at radius 1 is 1.38 bits per heavy atom. The van der Waals surface area contributed by atoms with Crippen molar-refractivity contribution >= 4 is 11.8 Å². The third kappa shape index (κ3) is 2.89. The van der Waals surface area contributed by atoms with Gasteiger partial charge in [-0.25, -0.2) is 4.84 Å². The van der Waals surface area contributed by atoms with E-state index in [1.165, 1.54) is 25.7 Å². The van der Waals surface area contributed by atoms with Crippen molar-refractivity contribution in [1.82, 2.24) is 4.84 Å². The van der Waals surface area contributed by atoms with Crippen molar-refractivity contribution in [2.75, 3.05) is 0 Å². The van der Waals surface area contributed by atoms with E-state index in [0.29, 0.717) is 6.10 Å². The van der Waals surface area contributed by atoms with Crippen molar-refractivity contribution in [3.63, 3.8) is 0 Å². The molecule has 1 atom stereocenters. The monoisotopic (exact) mass is 239 g/mol. The molecule has 0 spiro atoms. The largest absolute Gasteiger partial charge is 0.490 e. The zero-order valence-electron chi connectivity index (χ0n) is 9.58. The highest BCUT2D eigenvalue weighted by atomic mass is 35.5. The van der Waals surface area contributed by atoms with E-state index in [9.17, 15) is 0 Å². The van der Waals surface area contributed by atoms with Crippen LogP contribution in [0.4, 0.5) is 0 Å². The minimum atomic E-state index is 0.147. The summed E-state index contributed by atoms with van der Waals surface area (Å²) in [4.78, 5) is 2.72. The topological polar surface area (TPSA) is 21.3 Å². The first kappa shape index (κ1) is 11.7. The highest BCUT2D eigenvalue weighted by Gasteiger charge is 2.16. The second-order valence-corrected chi connectivity index (χ2v) is 4.65. The molecule has 0 aliphatic heterocycles. The first-order valence-corrected chi connectivity index (χ1v) is 6.30. The average Bonchev–Trinajstić information content (AvgIpc) is 2.81. The molecule has 1 aliphatic carbocycles. The summed E-state index contributed by atoms with van der Waals surface area (Å²) in [5.74, 6) is 0.961. The lowest BCUT2D eigenvalue weighted by Gasteiger charge is -2.15. The Kier molecular flexibility index (Phi) is 4.08. The predicted octanol–water partition coefficient (Wildman–Crippen LogP) is 3.81. The zero-order valence-corrected chi connectivity index (χ0v) is 10.3. The molecule has 0 heterocycles. The van der Waals surface area contributed by atoms with E-state index in [-0.39, 0.29) is 6.04 Å². The first-order valence-electron chi connectivity index (χ1n) is 5.92. The Balaban J connectivity index is 2.03. The van der Waals surface area contributed by atoms with Crippen LogP contribution in [0.5, 0.6) is 5.75 Å². The molecule has 1 aliphatic rings. The molecule has 1 fully saturated rings. The molecule has 0 bridgehead atoms. The smallest absolute Gasteiger partial charge is 0.120 e. The molecular formula is C13H18ClNO. The summed E-state index contributed by atoms with van der Waals surface area (Å²) in [5.41, 5.74) is 1.16. The summed E-state index contributed by atoms with van der Waals surface area (Å²) in [5, 5.41) is 0. The fourth-order valence-corrected chi connectivity index (χ4v) is 2.24. The highest BCUT2D eigenvalue weighted by molar-refractivity contribution is 6.13. The molecule has 1 saturated carbocycles. The van der Waals surface area contributed by atoms with E-state index >= 15 is 0 Å². The van der Waals surface area contributed by atoms with Crippen molar-refractivity contribution in [2.45, 2.75) is 44.8 Å². The predicted molar refractivity (Wildman–Crippen MR) is 66.7 cm³/mol. The molecule has 0 unspecified atom stereocenters. The van der Waals surface area contributed by atoms with Crippen LogP contribution in [0.25, 0.3) is 0 Å². The maximum atomic E-state index is 5.94. The van der Waals surface area contributed by atoms with Crippen LogP contribution in [-0.2, 0) is 0 Å². The molecule has 1 aromatic rings. The average molecular weight is 240 g/mol. The molecule has 0 radical (unpaired) electrons. The summed E-state index contributed by atoms with van der Waals surface area (Å²) in [6, 6.07) is 8.31. The van der Waals surface area contributed by atoms with Crippen LogP contribution in [0.1, 0.15) is 44.2 Å². The lowest BCUT2D eigenvalue weighted by molar-refractivity contribution is 0.210. The molecule has 16 heavy (non-hydrogen) atoms. The third-order valence-corrected chi connectivity index (χ3v) is 3.45. The van der Waals surface area contributed by atoms with E-state index in [4.69, 9.17) is 16.5 Å². The molecule has 0 saturated heterocycles. The van der Waals surface area contributed by atoms with Gasteiger partial charge in [0, 0.05) is 6.04 Å². The molecule has 1 N–H and O–H groups in total. The molecule has 2 rings (SSSR count). The summed E-state index contributed by atoms with van der Waals surface area (Å²) >= 11 is 5.62. The molecule has 88 valence electrons. The third-order valence-electron chi connectivity index (χ3n) is 3.13. The van der Waals surface area contributed by atoms with Gasteiger partial charge < -0.3 is 4.74 Å². The number of nitrogens with one attached hydrogen (secondary N) is 1. The SMILES string of the molecule is C[C@@H](NCl)c1cccc(OC2CCCC2)c1. The van der Waals surface area contributed by atoms with E-state index in [2.05, 4.69) is 17.0 Å². The number of hydrogen-bond acceptors (Lipinski definition) is 2. The maximum Gasteiger partial charge on any atom is 0.120 e. The van der Waals surface area contributed by atoms with E-state index < -0.39 is 0 Å². The summed E-state index contributed by atoms with van der Waals surface area (Å²) in [7, 11) is 0. The van der Waals surface area contributed by atoms with Gasteiger partial charge in [-0.05, 0) is 62.1 Å². The van der Waals surface area contributed by atoms with Crippen LogP contribution >= 0.6 is 11.8 Å². The number of ether oxygens (including phenoxy) is 1. The van der Waals surface area contributed by atoms with Gasteiger partial charge in [0.25, 0.3) is 0 Å². The number of hydrogen-bond donors (Lipinski definition) is 1. The van der Waals surface area contributed by atoms with Crippen LogP contribution in [0.3, 0.4) is 0 Å². The Bertz CT molecular complexity index is 336. The van der Waals surface area contributed by atoms with Gasteiger partial charge in [0.15, 0.2) is 0 Å². The Labute approximate surface area is 102 Å². The highest BCUT2D eigenvalue weighted by Crippen LogP contribution is 2.26. The number of benzene rings is 1. The van der Waals surface area contributed by atoms with E-state index in [0.717, 1.165) is 11.3 Å². The number of halogens is 1. The molecule has 0 amide bonds. The molecular weight excluding hydrogens is 222 g/mol. The van der Waals surface area contributed by atoms with Crippen molar-refractivity contribution in [2.24, 2.45) is 0 Å². The fourth-order valence-electron chi connectivity index (χ4n) is 2.12. The standard InChI is InChI=1S/C13H18ClNO/c1-10(15-14)11-5-4-8-13(9-11)16-12-6-2-3-7-12/h4-5,8-10,12,15H,2-3,6-7H2,1H3/t10-/m1/s1. The summed E-state index contributed by atoms with van der Waals surface area (Å²) < 4.78 is 5.94. The van der Waals surface area contributed by atoms with Crippen molar-refractivity contribution < 1.29 is 4.74 Å². The molecule has 2 nitrogen and oxygen atoms in total. The van der Waals surface area contributed by atoms with Crippen molar-refractivity contribution in [3.8, 4) is 5.75 Å². The Hall–Kier alpha value is -0.730. The normalized spacial score (nSPS) is 18.6. The quantitative estimate of drug-likeness (QED) is 0.807. The van der Waals surface area contributed by atoms with Gasteiger partial charge in [-0.2, -0.15) is 0 Å². The van der Waals surface area contributed by atoms with Gasteiger partial charge in [-0.1, -0.05) is 12.1 Å². The van der Waals surface area contributed by atoms with E-state index in [1.54, 1.807) is 0 Å². The summed E-state index contributed by atoms with van der Waals surface area (Å²) in [6.07, 6.45) is 5.38. The second kappa shape index (κ2) is 5.55. The van der Waals surface area contributed by atoms with Gasteiger partial charge in [0.1, 0.15) is 5.75 Å². The lowest BCUT2D eigenvalue weighted by Crippen LogP contribution is -2.12. The van der Waals surface area contributed by atoms with Crippen LogP contribution in [-0.4, -0.2) is 6.10 Å². The van der Waals surface area contributed by atoms with Crippen LogP contribution in [0.15, 0.2) is 24.3 Å². The van der Waals surface area contributed by atoms with Crippen molar-refractivity contribution in [1.29, 1.82) is 0 Å².